The quantitative estimate of drug-likeness (QED) is 0.783. The fourth-order valence-electron chi connectivity index (χ4n) is 1.59. The number of benzene rings is 2. The van der Waals surface area contributed by atoms with Crippen LogP contribution in [0.1, 0.15) is 11.1 Å². The van der Waals surface area contributed by atoms with Crippen molar-refractivity contribution < 1.29 is 19.0 Å². The maximum atomic E-state index is 12.7. The molecule has 20 heavy (non-hydrogen) atoms. The molecule has 2 aromatic carbocycles. The van der Waals surface area contributed by atoms with Crippen LogP contribution in [-0.4, -0.2) is 5.97 Å². The molecule has 0 heterocycles. The molecule has 2 aromatic rings. The number of carbonyl (C=O) groups is 1. The van der Waals surface area contributed by atoms with Gasteiger partial charge in [-0.1, -0.05) is 30.3 Å². The van der Waals surface area contributed by atoms with Gasteiger partial charge in [0, 0.05) is 0 Å². The van der Waals surface area contributed by atoms with Crippen molar-refractivity contribution in [2.75, 3.05) is 0 Å². The Morgan fingerprint density at radius 2 is 1.75 bits per heavy atom. The topological polar surface area (TPSA) is 49.4 Å². The molecule has 0 aliphatic rings. The second kappa shape index (κ2) is 6.52. The van der Waals surface area contributed by atoms with Crippen LogP contribution in [0.4, 0.5) is 4.39 Å². The van der Waals surface area contributed by atoms with Gasteiger partial charge in [-0.3, -0.25) is 0 Å². The van der Waals surface area contributed by atoms with Gasteiger partial charge in [0.1, 0.15) is 18.2 Å². The fraction of sp³-hybridized carbons (Fsp3) is 0.0625. The van der Waals surface area contributed by atoms with E-state index in [9.17, 15) is 14.3 Å². The molecule has 2 rings (SSSR count). The van der Waals surface area contributed by atoms with Crippen LogP contribution in [0.25, 0.3) is 6.08 Å². The number of halogens is 1. The van der Waals surface area contributed by atoms with Gasteiger partial charge in [-0.05, 0) is 41.5 Å². The van der Waals surface area contributed by atoms with E-state index in [2.05, 4.69) is 0 Å². The second-order valence-corrected chi connectivity index (χ2v) is 4.14. The van der Waals surface area contributed by atoms with Crippen molar-refractivity contribution in [1.82, 2.24) is 0 Å². The predicted molar refractivity (Wildman–Crippen MR) is 71.2 cm³/mol. The zero-order chi connectivity index (χ0) is 14.4. The Labute approximate surface area is 115 Å². The average Bonchev–Trinajstić information content (AvgIpc) is 2.45. The lowest BCUT2D eigenvalue weighted by atomic mass is 10.2. The van der Waals surface area contributed by atoms with Crippen molar-refractivity contribution in [1.29, 1.82) is 0 Å². The third-order valence-corrected chi connectivity index (χ3v) is 2.61. The fourth-order valence-corrected chi connectivity index (χ4v) is 1.59. The number of aliphatic carboxylic acids is 1. The summed E-state index contributed by atoms with van der Waals surface area (Å²) in [5.41, 5.74) is 1.61. The van der Waals surface area contributed by atoms with Gasteiger partial charge in [0.15, 0.2) is 0 Å². The Balaban J connectivity index is 1.93. The molecule has 0 spiro atoms. The van der Waals surface area contributed by atoms with Crippen molar-refractivity contribution in [3.8, 4) is 5.75 Å². The summed E-state index contributed by atoms with van der Waals surface area (Å²) in [5, 5.41) is 10.3. The normalized spacial score (nSPS) is 10.7. The molecule has 3 nitrogen and oxygen atoms in total. The first-order valence-electron chi connectivity index (χ1n) is 6.00. The van der Waals surface area contributed by atoms with Crippen LogP contribution in [0, 0.1) is 5.82 Å². The van der Waals surface area contributed by atoms with Gasteiger partial charge in [0.25, 0.3) is 0 Å². The molecule has 0 N–H and O–H groups in total. The van der Waals surface area contributed by atoms with Crippen LogP contribution >= 0.6 is 0 Å². The van der Waals surface area contributed by atoms with E-state index in [0.717, 1.165) is 17.2 Å². The molecule has 0 amide bonds. The number of ether oxygens (including phenoxy) is 1. The first-order chi connectivity index (χ1) is 9.63. The van der Waals surface area contributed by atoms with Crippen LogP contribution < -0.4 is 9.84 Å². The van der Waals surface area contributed by atoms with Crippen LogP contribution in [0.3, 0.4) is 0 Å². The molecule has 0 aliphatic carbocycles. The molecule has 0 radical (unpaired) electrons. The Hall–Kier alpha value is -2.62. The molecule has 0 saturated heterocycles. The summed E-state index contributed by atoms with van der Waals surface area (Å²) in [6.45, 7) is 0.342. The minimum atomic E-state index is -1.23. The standard InChI is InChI=1S/C16H13FO3/c17-14-6-1-13(2-7-14)11-20-15-8-3-12(4-9-15)5-10-16(18)19/h1-10H,11H2,(H,18,19)/p-1/b10-5+. The molecule has 0 fully saturated rings. The summed E-state index contributed by atoms with van der Waals surface area (Å²) < 4.78 is 18.3. The SMILES string of the molecule is O=C([O-])/C=C/c1ccc(OCc2ccc(F)cc2)cc1. The number of hydrogen-bond acceptors (Lipinski definition) is 3. The minimum absolute atomic E-state index is 0.280. The molecule has 0 unspecified atom stereocenters. The first kappa shape index (κ1) is 13.8. The lowest BCUT2D eigenvalue weighted by Gasteiger charge is -2.06. The summed E-state index contributed by atoms with van der Waals surface area (Å²) >= 11 is 0. The number of hydrogen-bond donors (Lipinski definition) is 0. The maximum absolute atomic E-state index is 12.7. The van der Waals surface area contributed by atoms with Gasteiger partial charge >= 0.3 is 0 Å². The van der Waals surface area contributed by atoms with Crippen LogP contribution in [0.5, 0.6) is 5.75 Å². The average molecular weight is 271 g/mol. The van der Waals surface area contributed by atoms with Gasteiger partial charge in [-0.2, -0.15) is 0 Å². The molecule has 102 valence electrons. The summed E-state index contributed by atoms with van der Waals surface area (Å²) in [7, 11) is 0. The van der Waals surface area contributed by atoms with E-state index >= 15 is 0 Å². The minimum Gasteiger partial charge on any atom is -0.545 e. The highest BCUT2D eigenvalue weighted by Gasteiger charge is 1.97. The third kappa shape index (κ3) is 4.24. The molecule has 4 heteroatoms. The van der Waals surface area contributed by atoms with Crippen LogP contribution in [-0.2, 0) is 11.4 Å². The second-order valence-electron chi connectivity index (χ2n) is 4.14. The van der Waals surface area contributed by atoms with E-state index in [0.29, 0.717) is 12.4 Å². The zero-order valence-electron chi connectivity index (χ0n) is 10.6. The number of carbonyl (C=O) groups excluding carboxylic acids is 1. The van der Waals surface area contributed by atoms with E-state index < -0.39 is 5.97 Å². The molecule has 0 bridgehead atoms. The molecule has 0 aliphatic heterocycles. The van der Waals surface area contributed by atoms with Crippen molar-refractivity contribution in [2.45, 2.75) is 6.61 Å². The summed E-state index contributed by atoms with van der Waals surface area (Å²) in [5.74, 6) is -0.862. The monoisotopic (exact) mass is 271 g/mol. The van der Waals surface area contributed by atoms with Crippen molar-refractivity contribution in [3.63, 3.8) is 0 Å². The van der Waals surface area contributed by atoms with Gasteiger partial charge in [0.2, 0.25) is 0 Å². The predicted octanol–water partition coefficient (Wildman–Crippen LogP) is 2.17. The van der Waals surface area contributed by atoms with Gasteiger partial charge in [-0.25, -0.2) is 4.39 Å². The van der Waals surface area contributed by atoms with E-state index in [-0.39, 0.29) is 5.82 Å². The first-order valence-corrected chi connectivity index (χ1v) is 6.00. The number of rotatable bonds is 5. The van der Waals surface area contributed by atoms with Gasteiger partial charge in [0.05, 0.1) is 5.97 Å². The summed E-state index contributed by atoms with van der Waals surface area (Å²) in [6.07, 6.45) is 2.41. The molecule has 0 saturated carbocycles. The van der Waals surface area contributed by atoms with Crippen molar-refractivity contribution in [3.05, 3.63) is 71.6 Å². The Morgan fingerprint density at radius 3 is 2.35 bits per heavy atom. The summed E-state index contributed by atoms with van der Waals surface area (Å²) in [4.78, 5) is 10.3. The van der Waals surface area contributed by atoms with Gasteiger partial charge in [-0.15, -0.1) is 0 Å². The highest BCUT2D eigenvalue weighted by molar-refractivity contribution is 5.83. The van der Waals surface area contributed by atoms with E-state index in [1.165, 1.54) is 18.2 Å². The lowest BCUT2D eigenvalue weighted by molar-refractivity contribution is -0.297. The third-order valence-electron chi connectivity index (χ3n) is 2.61. The molecule has 0 atom stereocenters. The molecule has 0 aromatic heterocycles. The lowest BCUT2D eigenvalue weighted by Crippen LogP contribution is -2.18. The molecular formula is C16H12FO3-. The van der Waals surface area contributed by atoms with E-state index in [4.69, 9.17) is 4.74 Å². The van der Waals surface area contributed by atoms with Crippen LogP contribution in [0.2, 0.25) is 0 Å². The molecular weight excluding hydrogens is 259 g/mol. The van der Waals surface area contributed by atoms with Crippen molar-refractivity contribution >= 4 is 12.0 Å². The smallest absolute Gasteiger partial charge is 0.123 e. The Morgan fingerprint density at radius 1 is 1.10 bits per heavy atom. The van der Waals surface area contributed by atoms with Gasteiger partial charge < -0.3 is 14.6 Å². The summed E-state index contributed by atoms with van der Waals surface area (Å²) in [6, 6.07) is 13.0. The number of carboxylic acid groups (broad SMARTS) is 1. The zero-order valence-corrected chi connectivity index (χ0v) is 10.6. The Kier molecular flexibility index (Phi) is 4.50. The highest BCUT2D eigenvalue weighted by atomic mass is 19.1. The largest absolute Gasteiger partial charge is 0.545 e. The maximum Gasteiger partial charge on any atom is 0.123 e. The highest BCUT2D eigenvalue weighted by Crippen LogP contribution is 2.15. The van der Waals surface area contributed by atoms with Crippen LogP contribution in [0.15, 0.2) is 54.6 Å². The van der Waals surface area contributed by atoms with E-state index in [1.54, 1.807) is 36.4 Å². The van der Waals surface area contributed by atoms with Crippen molar-refractivity contribution in [2.24, 2.45) is 0 Å². The van der Waals surface area contributed by atoms with E-state index in [1.807, 2.05) is 0 Å². The number of carboxylic acids is 1. The Bertz CT molecular complexity index is 601.